The number of halogens is 1. The van der Waals surface area contributed by atoms with Crippen molar-refractivity contribution >= 4 is 24.2 Å². The summed E-state index contributed by atoms with van der Waals surface area (Å²) in [7, 11) is 0. The molecule has 4 aliphatic rings. The maximum absolute atomic E-state index is 12.3. The Balaban J connectivity index is 0.00000208. The summed E-state index contributed by atoms with van der Waals surface area (Å²) in [6, 6.07) is 0. The van der Waals surface area contributed by atoms with Crippen LogP contribution < -0.4 is 16.4 Å². The number of amides is 2. The lowest BCUT2D eigenvalue weighted by Gasteiger charge is -2.56. The lowest BCUT2D eigenvalue weighted by Crippen LogP contribution is -2.48. The Bertz CT molecular complexity index is 420. The van der Waals surface area contributed by atoms with Gasteiger partial charge in [0.15, 0.2) is 0 Å². The zero-order valence-electron chi connectivity index (χ0n) is 14.5. The molecule has 0 heterocycles. The highest BCUT2D eigenvalue weighted by Gasteiger charge is 2.51. The molecule has 4 aliphatic carbocycles. The quantitative estimate of drug-likeness (QED) is 0.581. The van der Waals surface area contributed by atoms with E-state index in [1.54, 1.807) is 0 Å². The molecular weight excluding hydrogens is 326 g/mol. The Morgan fingerprint density at radius 1 is 0.917 bits per heavy atom. The van der Waals surface area contributed by atoms with Crippen LogP contribution in [0, 0.1) is 23.2 Å². The lowest BCUT2D eigenvalue weighted by atomic mass is 9.49. The molecule has 24 heavy (non-hydrogen) atoms. The van der Waals surface area contributed by atoms with Crippen molar-refractivity contribution in [2.45, 2.75) is 57.8 Å². The van der Waals surface area contributed by atoms with E-state index in [9.17, 15) is 9.59 Å². The third-order valence-electron chi connectivity index (χ3n) is 6.10. The van der Waals surface area contributed by atoms with Crippen molar-refractivity contribution in [2.24, 2.45) is 28.9 Å². The minimum absolute atomic E-state index is 0. The van der Waals surface area contributed by atoms with E-state index < -0.39 is 0 Å². The summed E-state index contributed by atoms with van der Waals surface area (Å²) in [5.74, 6) is 2.55. The zero-order chi connectivity index (χ0) is 16.3. The van der Waals surface area contributed by atoms with Crippen LogP contribution in [0.4, 0.5) is 0 Å². The Labute approximate surface area is 151 Å². The summed E-state index contributed by atoms with van der Waals surface area (Å²) < 4.78 is 0. The molecule has 5 nitrogen and oxygen atoms in total. The Morgan fingerprint density at radius 3 is 2.04 bits per heavy atom. The Morgan fingerprint density at radius 2 is 1.50 bits per heavy atom. The third kappa shape index (κ3) is 4.85. The Kier molecular flexibility index (Phi) is 6.93. The van der Waals surface area contributed by atoms with E-state index in [0.717, 1.165) is 30.6 Å². The van der Waals surface area contributed by atoms with Gasteiger partial charge >= 0.3 is 0 Å². The molecule has 4 rings (SSSR count). The highest BCUT2D eigenvalue weighted by molar-refractivity contribution is 5.85. The average molecular weight is 358 g/mol. The topological polar surface area (TPSA) is 84.2 Å². The van der Waals surface area contributed by atoms with E-state index >= 15 is 0 Å². The number of hydrogen-bond acceptors (Lipinski definition) is 3. The first kappa shape index (κ1) is 19.5. The highest BCUT2D eigenvalue weighted by atomic mass is 35.5. The van der Waals surface area contributed by atoms with Gasteiger partial charge < -0.3 is 16.4 Å². The molecule has 0 aromatic rings. The fourth-order valence-corrected chi connectivity index (χ4v) is 5.65. The molecule has 4 saturated carbocycles. The van der Waals surface area contributed by atoms with Crippen molar-refractivity contribution in [3.8, 4) is 0 Å². The van der Waals surface area contributed by atoms with Crippen LogP contribution in [0.25, 0.3) is 0 Å². The first-order valence-corrected chi connectivity index (χ1v) is 9.32. The molecule has 0 radical (unpaired) electrons. The smallest absolute Gasteiger partial charge is 0.239 e. The summed E-state index contributed by atoms with van der Waals surface area (Å²) in [6.07, 6.45) is 10.3. The first-order valence-electron chi connectivity index (χ1n) is 9.32. The van der Waals surface area contributed by atoms with Gasteiger partial charge in [0.2, 0.25) is 11.8 Å². The minimum atomic E-state index is -0.0964. The summed E-state index contributed by atoms with van der Waals surface area (Å²) in [4.78, 5) is 24.0. The number of carbonyl (C=O) groups is 2. The largest absolute Gasteiger partial charge is 0.355 e. The number of unbranched alkanes of at least 4 members (excludes halogenated alkanes) is 1. The molecule has 138 valence electrons. The molecule has 4 fully saturated rings. The normalized spacial score (nSPS) is 33.0. The van der Waals surface area contributed by atoms with Crippen molar-refractivity contribution in [1.82, 2.24) is 10.6 Å². The second-order valence-corrected chi connectivity index (χ2v) is 8.22. The van der Waals surface area contributed by atoms with Gasteiger partial charge in [0.1, 0.15) is 0 Å². The third-order valence-corrected chi connectivity index (χ3v) is 6.10. The van der Waals surface area contributed by atoms with Crippen LogP contribution >= 0.6 is 12.4 Å². The molecule has 0 unspecified atom stereocenters. The zero-order valence-corrected chi connectivity index (χ0v) is 15.3. The number of carbonyl (C=O) groups excluding carboxylic acids is 2. The second-order valence-electron chi connectivity index (χ2n) is 8.22. The van der Waals surface area contributed by atoms with Crippen LogP contribution in [-0.2, 0) is 9.59 Å². The molecule has 6 heteroatoms. The van der Waals surface area contributed by atoms with Gasteiger partial charge in [-0.25, -0.2) is 0 Å². The van der Waals surface area contributed by atoms with Gasteiger partial charge in [-0.15, -0.1) is 12.4 Å². The molecule has 0 aliphatic heterocycles. The van der Waals surface area contributed by atoms with Crippen molar-refractivity contribution in [2.75, 3.05) is 19.6 Å². The fraction of sp³-hybridized carbons (Fsp3) is 0.889. The standard InChI is InChI=1S/C18H31N3O2.ClH/c19-3-1-2-4-20-17(23)12-21-16(22)11-18-8-13-5-14(9-18)7-15(6-13)10-18;/h13-15H,1-12,19H2,(H,20,23)(H,21,22);1H. The van der Waals surface area contributed by atoms with Gasteiger partial charge in [-0.1, -0.05) is 0 Å². The summed E-state index contributed by atoms with van der Waals surface area (Å²) >= 11 is 0. The molecule has 0 aromatic carbocycles. The molecule has 0 atom stereocenters. The van der Waals surface area contributed by atoms with Gasteiger partial charge in [-0.05, 0) is 81.1 Å². The summed E-state index contributed by atoms with van der Waals surface area (Å²) in [5.41, 5.74) is 5.66. The number of nitrogens with one attached hydrogen (secondary N) is 2. The highest BCUT2D eigenvalue weighted by Crippen LogP contribution is 2.61. The number of nitrogens with two attached hydrogens (primary N) is 1. The van der Waals surface area contributed by atoms with E-state index in [4.69, 9.17) is 5.73 Å². The second kappa shape index (κ2) is 8.52. The van der Waals surface area contributed by atoms with Crippen LogP contribution in [0.2, 0.25) is 0 Å². The SMILES string of the molecule is Cl.NCCCCNC(=O)CNC(=O)CC12CC3CC(CC(C3)C1)C2. The van der Waals surface area contributed by atoms with E-state index in [-0.39, 0.29) is 36.2 Å². The molecule has 0 saturated heterocycles. The van der Waals surface area contributed by atoms with E-state index in [1.165, 1.54) is 38.5 Å². The van der Waals surface area contributed by atoms with Gasteiger partial charge in [-0.3, -0.25) is 9.59 Å². The van der Waals surface area contributed by atoms with Crippen LogP contribution in [0.5, 0.6) is 0 Å². The Hall–Kier alpha value is -0.810. The molecular formula is C18H32ClN3O2. The molecule has 4 N–H and O–H groups in total. The van der Waals surface area contributed by atoms with Crippen molar-refractivity contribution in [3.63, 3.8) is 0 Å². The van der Waals surface area contributed by atoms with Gasteiger partial charge in [0.05, 0.1) is 6.54 Å². The minimum Gasteiger partial charge on any atom is -0.355 e. The first-order chi connectivity index (χ1) is 11.1. The molecule has 4 bridgehead atoms. The van der Waals surface area contributed by atoms with Crippen LogP contribution in [0.15, 0.2) is 0 Å². The van der Waals surface area contributed by atoms with E-state index in [2.05, 4.69) is 10.6 Å². The molecule has 0 spiro atoms. The summed E-state index contributed by atoms with van der Waals surface area (Å²) in [5, 5.41) is 5.65. The van der Waals surface area contributed by atoms with Gasteiger partial charge in [0.25, 0.3) is 0 Å². The van der Waals surface area contributed by atoms with Crippen LogP contribution in [0.3, 0.4) is 0 Å². The predicted molar refractivity (Wildman–Crippen MR) is 96.8 cm³/mol. The average Bonchev–Trinajstić information content (AvgIpc) is 2.48. The van der Waals surface area contributed by atoms with Crippen LogP contribution in [-0.4, -0.2) is 31.4 Å². The number of hydrogen-bond donors (Lipinski definition) is 3. The lowest BCUT2D eigenvalue weighted by molar-refractivity contribution is -0.131. The predicted octanol–water partition coefficient (Wildman–Crippen LogP) is 1.99. The monoisotopic (exact) mass is 357 g/mol. The van der Waals surface area contributed by atoms with Crippen molar-refractivity contribution < 1.29 is 9.59 Å². The van der Waals surface area contributed by atoms with Gasteiger partial charge in [-0.2, -0.15) is 0 Å². The number of rotatable bonds is 8. The van der Waals surface area contributed by atoms with Gasteiger partial charge in [0, 0.05) is 13.0 Å². The fourth-order valence-electron chi connectivity index (χ4n) is 5.65. The molecule has 0 aromatic heterocycles. The molecule has 2 amide bonds. The van der Waals surface area contributed by atoms with Crippen molar-refractivity contribution in [1.29, 1.82) is 0 Å². The maximum Gasteiger partial charge on any atom is 0.239 e. The maximum atomic E-state index is 12.3. The van der Waals surface area contributed by atoms with Crippen molar-refractivity contribution in [3.05, 3.63) is 0 Å². The summed E-state index contributed by atoms with van der Waals surface area (Å²) in [6.45, 7) is 1.40. The van der Waals surface area contributed by atoms with Crippen LogP contribution in [0.1, 0.15) is 57.8 Å². The van der Waals surface area contributed by atoms with E-state index in [1.807, 2.05) is 0 Å². The van der Waals surface area contributed by atoms with E-state index in [0.29, 0.717) is 19.5 Å².